The minimum atomic E-state index is 0.534. The Kier molecular flexibility index (Phi) is 3.46. The maximum atomic E-state index is 5.67. The van der Waals surface area contributed by atoms with Crippen LogP contribution >= 0.6 is 0 Å². The summed E-state index contributed by atoms with van der Waals surface area (Å²) in [6.45, 7) is 5.59. The number of rotatable bonds is 5. The zero-order valence-electron chi connectivity index (χ0n) is 10.6. The van der Waals surface area contributed by atoms with Crippen LogP contribution in [0.2, 0.25) is 0 Å². The predicted molar refractivity (Wildman–Crippen MR) is 64.8 cm³/mol. The van der Waals surface area contributed by atoms with Gasteiger partial charge in [-0.25, -0.2) is 0 Å². The van der Waals surface area contributed by atoms with Crippen LogP contribution in [0.1, 0.15) is 25.2 Å². The van der Waals surface area contributed by atoms with E-state index in [-0.39, 0.29) is 0 Å². The molecule has 0 bridgehead atoms. The molecule has 0 saturated carbocycles. The van der Waals surface area contributed by atoms with Gasteiger partial charge >= 0.3 is 0 Å². The van der Waals surface area contributed by atoms with Crippen LogP contribution in [-0.4, -0.2) is 19.6 Å². The van der Waals surface area contributed by atoms with Gasteiger partial charge in [-0.3, -0.25) is 9.36 Å². The summed E-state index contributed by atoms with van der Waals surface area (Å²) >= 11 is 0. The smallest absolute Gasteiger partial charge is 0.157 e. The Balaban J connectivity index is 2.05. The fourth-order valence-electron chi connectivity index (χ4n) is 1.71. The van der Waals surface area contributed by atoms with Gasteiger partial charge in [0.05, 0.1) is 23.8 Å². The summed E-state index contributed by atoms with van der Waals surface area (Å²) < 4.78 is 9.38. The number of ether oxygens (including phenoxy) is 1. The Morgan fingerprint density at radius 3 is 2.76 bits per heavy atom. The van der Waals surface area contributed by atoms with Gasteiger partial charge in [0.25, 0.3) is 0 Å². The van der Waals surface area contributed by atoms with E-state index in [4.69, 9.17) is 4.74 Å². The van der Waals surface area contributed by atoms with E-state index >= 15 is 0 Å². The molecular formula is C12H18N4O. The van der Waals surface area contributed by atoms with Crippen LogP contribution in [0.4, 0.5) is 0 Å². The molecule has 2 aromatic rings. The number of aromatic nitrogens is 4. The van der Waals surface area contributed by atoms with Crippen LogP contribution in [0.25, 0.3) is 0 Å². The molecule has 0 aliphatic rings. The van der Waals surface area contributed by atoms with Crippen LogP contribution in [0.3, 0.4) is 0 Å². The first-order valence-corrected chi connectivity index (χ1v) is 5.90. The van der Waals surface area contributed by atoms with Crippen molar-refractivity contribution < 1.29 is 4.74 Å². The van der Waals surface area contributed by atoms with Gasteiger partial charge in [0.15, 0.2) is 5.75 Å². The van der Waals surface area contributed by atoms with Crippen LogP contribution in [0.5, 0.6) is 5.75 Å². The molecule has 0 aromatic carbocycles. The highest BCUT2D eigenvalue weighted by atomic mass is 16.5. The zero-order valence-corrected chi connectivity index (χ0v) is 10.6. The van der Waals surface area contributed by atoms with Gasteiger partial charge in [-0.1, -0.05) is 6.92 Å². The normalized spacial score (nSPS) is 10.8. The Labute approximate surface area is 101 Å². The van der Waals surface area contributed by atoms with Crippen molar-refractivity contribution >= 4 is 0 Å². The van der Waals surface area contributed by atoms with Gasteiger partial charge in [0.1, 0.15) is 6.61 Å². The standard InChI is InChI=1S/C12H18N4O/c1-4-10-6-11(16(5-2)14-10)9-17-12-7-13-15(3)8-12/h6-8H,4-5,9H2,1-3H3. The maximum absolute atomic E-state index is 5.67. The summed E-state index contributed by atoms with van der Waals surface area (Å²) in [6, 6.07) is 2.10. The van der Waals surface area contributed by atoms with Crippen LogP contribution in [-0.2, 0) is 26.6 Å². The molecule has 0 saturated heterocycles. The maximum Gasteiger partial charge on any atom is 0.157 e. The van der Waals surface area contributed by atoms with Crippen molar-refractivity contribution in [2.45, 2.75) is 33.4 Å². The third-order valence-electron chi connectivity index (χ3n) is 2.64. The Morgan fingerprint density at radius 1 is 1.35 bits per heavy atom. The highest BCUT2D eigenvalue weighted by molar-refractivity contribution is 5.14. The summed E-state index contributed by atoms with van der Waals surface area (Å²) in [7, 11) is 1.87. The average molecular weight is 234 g/mol. The molecule has 0 spiro atoms. The Bertz CT molecular complexity index is 486. The number of hydrogen-bond acceptors (Lipinski definition) is 3. The molecule has 0 radical (unpaired) electrons. The highest BCUT2D eigenvalue weighted by Crippen LogP contribution is 2.12. The second-order valence-electron chi connectivity index (χ2n) is 3.93. The molecular weight excluding hydrogens is 216 g/mol. The summed E-state index contributed by atoms with van der Waals surface area (Å²) in [6.07, 6.45) is 4.52. The van der Waals surface area contributed by atoms with Crippen molar-refractivity contribution in [1.82, 2.24) is 19.6 Å². The van der Waals surface area contributed by atoms with Crippen LogP contribution in [0, 0.1) is 0 Å². The number of nitrogens with zero attached hydrogens (tertiary/aromatic N) is 4. The lowest BCUT2D eigenvalue weighted by Crippen LogP contribution is -2.05. The molecule has 5 heteroatoms. The van der Waals surface area contributed by atoms with Crippen molar-refractivity contribution in [2.75, 3.05) is 0 Å². The molecule has 2 heterocycles. The molecule has 0 aliphatic carbocycles. The van der Waals surface area contributed by atoms with Crippen LogP contribution in [0.15, 0.2) is 18.5 Å². The molecule has 0 N–H and O–H groups in total. The van der Waals surface area contributed by atoms with Crippen molar-refractivity contribution in [2.24, 2.45) is 7.05 Å². The lowest BCUT2D eigenvalue weighted by atomic mass is 10.3. The Hall–Kier alpha value is -1.78. The summed E-state index contributed by atoms with van der Waals surface area (Å²) in [5, 5.41) is 8.54. The fraction of sp³-hybridized carbons (Fsp3) is 0.500. The van der Waals surface area contributed by atoms with E-state index < -0.39 is 0 Å². The topological polar surface area (TPSA) is 44.9 Å². The highest BCUT2D eigenvalue weighted by Gasteiger charge is 2.06. The van der Waals surface area contributed by atoms with Gasteiger partial charge in [-0.15, -0.1) is 0 Å². The molecule has 0 aliphatic heterocycles. The van der Waals surface area contributed by atoms with Gasteiger partial charge in [-0.2, -0.15) is 10.2 Å². The van der Waals surface area contributed by atoms with E-state index in [2.05, 4.69) is 30.1 Å². The molecule has 17 heavy (non-hydrogen) atoms. The fourth-order valence-corrected chi connectivity index (χ4v) is 1.71. The lowest BCUT2D eigenvalue weighted by molar-refractivity contribution is 0.292. The van der Waals surface area contributed by atoms with E-state index in [1.807, 2.05) is 17.9 Å². The van der Waals surface area contributed by atoms with E-state index in [1.54, 1.807) is 10.9 Å². The summed E-state index contributed by atoms with van der Waals surface area (Å²) in [5.41, 5.74) is 2.21. The van der Waals surface area contributed by atoms with Crippen molar-refractivity contribution in [1.29, 1.82) is 0 Å². The molecule has 2 aromatic heterocycles. The van der Waals surface area contributed by atoms with Gasteiger partial charge in [-0.05, 0) is 19.4 Å². The monoisotopic (exact) mass is 234 g/mol. The quantitative estimate of drug-likeness (QED) is 0.792. The second-order valence-corrected chi connectivity index (χ2v) is 3.93. The number of aryl methyl sites for hydroxylation is 3. The molecule has 0 amide bonds. The molecule has 0 fully saturated rings. The van der Waals surface area contributed by atoms with E-state index in [9.17, 15) is 0 Å². The third-order valence-corrected chi connectivity index (χ3v) is 2.64. The van der Waals surface area contributed by atoms with Crippen molar-refractivity contribution in [3.8, 4) is 5.75 Å². The van der Waals surface area contributed by atoms with Gasteiger partial charge in [0.2, 0.25) is 0 Å². The lowest BCUT2D eigenvalue weighted by Gasteiger charge is -2.05. The second kappa shape index (κ2) is 5.03. The number of hydrogen-bond donors (Lipinski definition) is 0. The van der Waals surface area contributed by atoms with Crippen molar-refractivity contribution in [3.63, 3.8) is 0 Å². The molecule has 92 valence electrons. The minimum absolute atomic E-state index is 0.534. The summed E-state index contributed by atoms with van der Waals surface area (Å²) in [4.78, 5) is 0. The zero-order chi connectivity index (χ0) is 12.3. The largest absolute Gasteiger partial charge is 0.484 e. The van der Waals surface area contributed by atoms with Gasteiger partial charge < -0.3 is 4.74 Å². The summed E-state index contributed by atoms with van der Waals surface area (Å²) in [5.74, 6) is 0.786. The van der Waals surface area contributed by atoms with Gasteiger partial charge in [0, 0.05) is 13.6 Å². The van der Waals surface area contributed by atoms with Crippen molar-refractivity contribution in [3.05, 3.63) is 29.8 Å². The molecule has 0 atom stereocenters. The molecule has 5 nitrogen and oxygen atoms in total. The molecule has 2 rings (SSSR count). The molecule has 0 unspecified atom stereocenters. The first-order chi connectivity index (χ1) is 8.22. The predicted octanol–water partition coefficient (Wildman–Crippen LogP) is 1.78. The van der Waals surface area contributed by atoms with E-state index in [0.717, 1.165) is 30.1 Å². The SMILES string of the molecule is CCc1cc(COc2cnn(C)c2)n(CC)n1. The van der Waals surface area contributed by atoms with Crippen LogP contribution < -0.4 is 4.74 Å². The first-order valence-electron chi connectivity index (χ1n) is 5.90. The minimum Gasteiger partial charge on any atom is -0.484 e. The van der Waals surface area contributed by atoms with E-state index in [0.29, 0.717) is 6.61 Å². The third kappa shape index (κ3) is 2.67. The first kappa shape index (κ1) is 11.7. The Morgan fingerprint density at radius 2 is 2.18 bits per heavy atom. The average Bonchev–Trinajstić information content (AvgIpc) is 2.92. The van der Waals surface area contributed by atoms with E-state index in [1.165, 1.54) is 0 Å².